The molecule has 20 heavy (non-hydrogen) atoms. The Balaban J connectivity index is 0.00000200. The van der Waals surface area contributed by atoms with E-state index in [0.717, 1.165) is 5.56 Å². The van der Waals surface area contributed by atoms with Gasteiger partial charge < -0.3 is 9.47 Å². The lowest BCUT2D eigenvalue weighted by Crippen LogP contribution is -2.07. The lowest BCUT2D eigenvalue weighted by atomic mass is 10.00. The van der Waals surface area contributed by atoms with Gasteiger partial charge >= 0.3 is 0 Å². The van der Waals surface area contributed by atoms with E-state index in [0.29, 0.717) is 22.6 Å². The molecule has 106 valence electrons. The molecule has 0 atom stereocenters. The number of carbonyl (C=O) groups excluding carboxylic acids is 1. The van der Waals surface area contributed by atoms with Gasteiger partial charge in [0.2, 0.25) is 0 Å². The molecular formula is C15H16ClNO3. The highest BCUT2D eigenvalue weighted by molar-refractivity contribution is 6.11. The number of aromatic nitrogens is 1. The van der Waals surface area contributed by atoms with Crippen LogP contribution in [0.2, 0.25) is 0 Å². The second-order valence-corrected chi connectivity index (χ2v) is 4.06. The minimum atomic E-state index is -0.101. The van der Waals surface area contributed by atoms with Crippen LogP contribution in [0.5, 0.6) is 11.5 Å². The molecule has 1 aromatic carbocycles. The number of hydrogen-bond acceptors (Lipinski definition) is 4. The maximum absolute atomic E-state index is 12.6. The number of nitrogens with zero attached hydrogens (tertiary/aromatic N) is 1. The molecule has 0 bridgehead atoms. The van der Waals surface area contributed by atoms with Crippen LogP contribution in [0.3, 0.4) is 0 Å². The van der Waals surface area contributed by atoms with Gasteiger partial charge in [0, 0.05) is 18.0 Å². The van der Waals surface area contributed by atoms with Gasteiger partial charge in [-0.05, 0) is 30.7 Å². The third-order valence-electron chi connectivity index (χ3n) is 2.91. The Kier molecular flexibility index (Phi) is 5.53. The highest BCUT2D eigenvalue weighted by atomic mass is 35.5. The smallest absolute Gasteiger partial charge is 0.197 e. The number of carbonyl (C=O) groups is 1. The summed E-state index contributed by atoms with van der Waals surface area (Å²) in [5.74, 6) is 0.891. The number of pyridine rings is 1. The van der Waals surface area contributed by atoms with E-state index >= 15 is 0 Å². The van der Waals surface area contributed by atoms with Crippen LogP contribution in [0.15, 0.2) is 36.7 Å². The SMILES string of the molecule is COc1cccc(C(=O)c2ccncc2C)c1OC.Cl. The Labute approximate surface area is 124 Å². The van der Waals surface area contributed by atoms with E-state index in [-0.39, 0.29) is 18.2 Å². The van der Waals surface area contributed by atoms with Crippen LogP contribution in [0.1, 0.15) is 21.5 Å². The van der Waals surface area contributed by atoms with Crippen LogP contribution in [0.4, 0.5) is 0 Å². The first-order chi connectivity index (χ1) is 9.19. The van der Waals surface area contributed by atoms with Crippen molar-refractivity contribution in [3.05, 3.63) is 53.3 Å². The number of ketones is 1. The number of benzene rings is 1. The van der Waals surface area contributed by atoms with Gasteiger partial charge in [-0.2, -0.15) is 0 Å². The fourth-order valence-electron chi connectivity index (χ4n) is 1.94. The Hall–Kier alpha value is -2.07. The third kappa shape index (κ3) is 2.91. The molecule has 1 aromatic heterocycles. The van der Waals surface area contributed by atoms with Crippen molar-refractivity contribution in [1.82, 2.24) is 4.98 Å². The first-order valence-corrected chi connectivity index (χ1v) is 5.85. The number of methoxy groups -OCH3 is 2. The van der Waals surface area contributed by atoms with Crippen molar-refractivity contribution in [2.45, 2.75) is 6.92 Å². The zero-order chi connectivity index (χ0) is 13.8. The van der Waals surface area contributed by atoms with E-state index in [1.165, 1.54) is 7.11 Å². The normalized spacial score (nSPS) is 9.55. The van der Waals surface area contributed by atoms with Crippen molar-refractivity contribution >= 4 is 18.2 Å². The molecule has 0 saturated carbocycles. The monoisotopic (exact) mass is 293 g/mol. The van der Waals surface area contributed by atoms with Crippen molar-refractivity contribution in [2.24, 2.45) is 0 Å². The second kappa shape index (κ2) is 6.91. The zero-order valence-corrected chi connectivity index (χ0v) is 12.4. The van der Waals surface area contributed by atoms with E-state index in [4.69, 9.17) is 9.47 Å². The molecule has 0 saturated heterocycles. The van der Waals surface area contributed by atoms with Crippen LogP contribution in [-0.4, -0.2) is 25.0 Å². The standard InChI is InChI=1S/C15H15NO3.ClH/c1-10-9-16-8-7-11(10)14(17)12-5-4-6-13(18-2)15(12)19-3;/h4-9H,1-3H3;1H. The van der Waals surface area contributed by atoms with E-state index in [2.05, 4.69) is 4.98 Å². The average Bonchev–Trinajstić information content (AvgIpc) is 2.46. The number of aryl methyl sites for hydroxylation is 1. The number of hydrogen-bond donors (Lipinski definition) is 0. The van der Waals surface area contributed by atoms with Gasteiger partial charge in [-0.3, -0.25) is 9.78 Å². The summed E-state index contributed by atoms with van der Waals surface area (Å²) in [7, 11) is 3.07. The maximum atomic E-state index is 12.6. The summed E-state index contributed by atoms with van der Waals surface area (Å²) >= 11 is 0. The Morgan fingerprint density at radius 3 is 2.45 bits per heavy atom. The molecule has 0 fully saturated rings. The average molecular weight is 294 g/mol. The fraction of sp³-hybridized carbons (Fsp3) is 0.200. The van der Waals surface area contributed by atoms with Gasteiger partial charge in [-0.25, -0.2) is 0 Å². The summed E-state index contributed by atoms with van der Waals surface area (Å²) < 4.78 is 10.5. The molecule has 2 rings (SSSR count). The van der Waals surface area contributed by atoms with Crippen LogP contribution in [0, 0.1) is 6.92 Å². The summed E-state index contributed by atoms with van der Waals surface area (Å²) in [4.78, 5) is 16.5. The van der Waals surface area contributed by atoms with Gasteiger partial charge in [-0.1, -0.05) is 6.07 Å². The summed E-state index contributed by atoms with van der Waals surface area (Å²) in [5, 5.41) is 0. The first-order valence-electron chi connectivity index (χ1n) is 5.85. The van der Waals surface area contributed by atoms with E-state index in [9.17, 15) is 4.79 Å². The first kappa shape index (κ1) is 16.0. The van der Waals surface area contributed by atoms with Gasteiger partial charge in [-0.15, -0.1) is 12.4 Å². The summed E-state index contributed by atoms with van der Waals surface area (Å²) in [6, 6.07) is 6.96. The number of para-hydroxylation sites is 1. The largest absolute Gasteiger partial charge is 0.493 e. The Morgan fingerprint density at radius 2 is 1.85 bits per heavy atom. The quantitative estimate of drug-likeness (QED) is 0.813. The second-order valence-electron chi connectivity index (χ2n) is 4.06. The van der Waals surface area contributed by atoms with Crippen molar-refractivity contribution in [3.63, 3.8) is 0 Å². The molecule has 0 N–H and O–H groups in total. The predicted octanol–water partition coefficient (Wildman–Crippen LogP) is 3.06. The number of rotatable bonds is 4. The van der Waals surface area contributed by atoms with Gasteiger partial charge in [0.15, 0.2) is 17.3 Å². The van der Waals surface area contributed by atoms with Gasteiger partial charge in [0.05, 0.1) is 19.8 Å². The molecule has 0 aliphatic heterocycles. The van der Waals surface area contributed by atoms with Crippen molar-refractivity contribution in [2.75, 3.05) is 14.2 Å². The highest BCUT2D eigenvalue weighted by Crippen LogP contribution is 2.32. The summed E-state index contributed by atoms with van der Waals surface area (Å²) in [6.07, 6.45) is 3.27. The van der Waals surface area contributed by atoms with Crippen molar-refractivity contribution in [1.29, 1.82) is 0 Å². The van der Waals surface area contributed by atoms with Crippen molar-refractivity contribution in [3.8, 4) is 11.5 Å². The topological polar surface area (TPSA) is 48.4 Å². The van der Waals surface area contributed by atoms with E-state index < -0.39 is 0 Å². The van der Waals surface area contributed by atoms with Gasteiger partial charge in [0.1, 0.15) is 0 Å². The predicted molar refractivity (Wildman–Crippen MR) is 79.2 cm³/mol. The summed E-state index contributed by atoms with van der Waals surface area (Å²) in [5.41, 5.74) is 1.93. The van der Waals surface area contributed by atoms with Crippen LogP contribution in [-0.2, 0) is 0 Å². The Morgan fingerprint density at radius 1 is 1.10 bits per heavy atom. The number of ether oxygens (including phenoxy) is 2. The highest BCUT2D eigenvalue weighted by Gasteiger charge is 2.19. The maximum Gasteiger partial charge on any atom is 0.197 e. The zero-order valence-electron chi connectivity index (χ0n) is 11.5. The lowest BCUT2D eigenvalue weighted by Gasteiger charge is -2.12. The van der Waals surface area contributed by atoms with E-state index in [1.807, 2.05) is 6.92 Å². The van der Waals surface area contributed by atoms with Crippen LogP contribution in [0.25, 0.3) is 0 Å². The molecule has 0 spiro atoms. The molecule has 0 unspecified atom stereocenters. The molecule has 5 heteroatoms. The molecule has 0 aliphatic rings. The van der Waals surface area contributed by atoms with Gasteiger partial charge in [0.25, 0.3) is 0 Å². The molecule has 0 amide bonds. The minimum absolute atomic E-state index is 0. The van der Waals surface area contributed by atoms with E-state index in [1.54, 1.807) is 43.8 Å². The van der Waals surface area contributed by atoms with Crippen LogP contribution >= 0.6 is 12.4 Å². The third-order valence-corrected chi connectivity index (χ3v) is 2.91. The molecule has 4 nitrogen and oxygen atoms in total. The number of halogens is 1. The minimum Gasteiger partial charge on any atom is -0.493 e. The van der Waals surface area contributed by atoms with Crippen LogP contribution < -0.4 is 9.47 Å². The fourth-order valence-corrected chi connectivity index (χ4v) is 1.94. The molecule has 0 aliphatic carbocycles. The molecular weight excluding hydrogens is 278 g/mol. The summed E-state index contributed by atoms with van der Waals surface area (Å²) in [6.45, 7) is 1.85. The Bertz CT molecular complexity index is 614. The molecule has 1 heterocycles. The lowest BCUT2D eigenvalue weighted by molar-refractivity contribution is 0.103. The molecule has 2 aromatic rings. The molecule has 0 radical (unpaired) electrons. The van der Waals surface area contributed by atoms with Crippen molar-refractivity contribution < 1.29 is 14.3 Å².